The molecule has 0 radical (unpaired) electrons. The third-order valence-corrected chi connectivity index (χ3v) is 4.19. The molecular formula is C12H12N4O2S. The Kier molecular flexibility index (Phi) is 3.31. The summed E-state index contributed by atoms with van der Waals surface area (Å²) < 4.78 is 0. The molecule has 1 fully saturated rings. The second-order valence-electron chi connectivity index (χ2n) is 4.37. The first-order valence-electron chi connectivity index (χ1n) is 6.01. The smallest absolute Gasteiger partial charge is 0.271 e. The van der Waals surface area contributed by atoms with Crippen LogP contribution in [0.1, 0.15) is 6.42 Å². The highest BCUT2D eigenvalue weighted by atomic mass is 32.2. The zero-order valence-electron chi connectivity index (χ0n) is 10.1. The Hall–Kier alpha value is -1.73. The summed E-state index contributed by atoms with van der Waals surface area (Å²) in [5.41, 5.74) is 1.30. The maximum absolute atomic E-state index is 10.7. The molecule has 3 rings (SSSR count). The van der Waals surface area contributed by atoms with E-state index >= 15 is 0 Å². The fourth-order valence-electron chi connectivity index (χ4n) is 2.05. The van der Waals surface area contributed by atoms with Gasteiger partial charge in [0.15, 0.2) is 0 Å². The van der Waals surface area contributed by atoms with E-state index < -0.39 is 4.92 Å². The van der Waals surface area contributed by atoms with Crippen LogP contribution in [0.25, 0.3) is 11.0 Å². The number of benzene rings is 1. The van der Waals surface area contributed by atoms with E-state index in [4.69, 9.17) is 0 Å². The zero-order valence-corrected chi connectivity index (χ0v) is 10.9. The third-order valence-electron chi connectivity index (χ3n) is 3.02. The van der Waals surface area contributed by atoms with Gasteiger partial charge in [0.25, 0.3) is 5.69 Å². The summed E-state index contributed by atoms with van der Waals surface area (Å²) in [5.74, 6) is 0. The lowest BCUT2D eigenvalue weighted by Crippen LogP contribution is -2.10. The highest BCUT2D eigenvalue weighted by Gasteiger charge is 2.17. The number of hydrogen-bond acceptors (Lipinski definition) is 6. The van der Waals surface area contributed by atoms with Crippen molar-refractivity contribution in [1.82, 2.24) is 15.3 Å². The summed E-state index contributed by atoms with van der Waals surface area (Å²) in [4.78, 5) is 19.0. The summed E-state index contributed by atoms with van der Waals surface area (Å²) in [6.45, 7) is 2.04. The average Bonchev–Trinajstić information content (AvgIpc) is 2.91. The van der Waals surface area contributed by atoms with Crippen LogP contribution >= 0.6 is 11.8 Å². The predicted molar refractivity (Wildman–Crippen MR) is 73.3 cm³/mol. The molecule has 0 saturated carbocycles. The minimum absolute atomic E-state index is 0.0437. The molecule has 1 saturated heterocycles. The number of fused-ring (bicyclic) bond motifs is 1. The normalized spacial score (nSPS) is 18.8. The second kappa shape index (κ2) is 5.10. The number of nitro groups is 1. The van der Waals surface area contributed by atoms with Gasteiger partial charge < -0.3 is 5.32 Å². The molecule has 2 aromatic rings. The van der Waals surface area contributed by atoms with Gasteiger partial charge in [-0.2, -0.15) is 0 Å². The Bertz CT molecular complexity index is 628. The van der Waals surface area contributed by atoms with Gasteiger partial charge in [0.1, 0.15) is 5.03 Å². The van der Waals surface area contributed by atoms with Gasteiger partial charge in [0, 0.05) is 23.9 Å². The molecule has 1 aromatic heterocycles. The number of nitrogens with one attached hydrogen (secondary N) is 1. The van der Waals surface area contributed by atoms with Crippen molar-refractivity contribution in [2.45, 2.75) is 16.7 Å². The van der Waals surface area contributed by atoms with E-state index in [9.17, 15) is 10.1 Å². The zero-order chi connectivity index (χ0) is 13.2. The number of rotatable bonds is 3. The van der Waals surface area contributed by atoms with E-state index in [1.807, 2.05) is 0 Å². The lowest BCUT2D eigenvalue weighted by Gasteiger charge is -2.07. The predicted octanol–water partition coefficient (Wildman–Crippen LogP) is 1.99. The molecule has 1 aliphatic rings. The van der Waals surface area contributed by atoms with Crippen LogP contribution in [0.5, 0.6) is 0 Å². The first kappa shape index (κ1) is 12.3. The number of aromatic nitrogens is 2. The van der Waals surface area contributed by atoms with Gasteiger partial charge in [-0.05, 0) is 19.0 Å². The number of hydrogen-bond donors (Lipinski definition) is 1. The fraction of sp³-hybridized carbons (Fsp3) is 0.333. The molecule has 0 bridgehead atoms. The number of nitro benzene ring substituents is 1. The van der Waals surface area contributed by atoms with E-state index in [1.54, 1.807) is 24.0 Å². The van der Waals surface area contributed by atoms with Crippen LogP contribution in [0.4, 0.5) is 5.69 Å². The van der Waals surface area contributed by atoms with Crippen molar-refractivity contribution in [2.24, 2.45) is 0 Å². The van der Waals surface area contributed by atoms with Crippen LogP contribution in [0.15, 0.2) is 29.4 Å². The first-order chi connectivity index (χ1) is 9.22. The SMILES string of the molecule is O=[N+]([O-])c1ccc2nc(SC3CCNC3)cnc2c1. The van der Waals surface area contributed by atoms with Crippen molar-refractivity contribution in [3.05, 3.63) is 34.5 Å². The van der Waals surface area contributed by atoms with Gasteiger partial charge >= 0.3 is 0 Å². The maximum Gasteiger partial charge on any atom is 0.271 e. The number of non-ortho nitro benzene ring substituents is 1. The Balaban J connectivity index is 1.88. The molecular weight excluding hydrogens is 264 g/mol. The number of nitrogens with zero attached hydrogens (tertiary/aromatic N) is 3. The molecule has 1 atom stereocenters. The second-order valence-corrected chi connectivity index (χ2v) is 5.69. The molecule has 1 aliphatic heterocycles. The highest BCUT2D eigenvalue weighted by Crippen LogP contribution is 2.26. The van der Waals surface area contributed by atoms with Crippen molar-refractivity contribution in [1.29, 1.82) is 0 Å². The van der Waals surface area contributed by atoms with Crippen molar-refractivity contribution >= 4 is 28.5 Å². The molecule has 7 heteroatoms. The first-order valence-corrected chi connectivity index (χ1v) is 6.89. The summed E-state index contributed by atoms with van der Waals surface area (Å²) in [7, 11) is 0. The van der Waals surface area contributed by atoms with E-state index in [2.05, 4.69) is 15.3 Å². The quantitative estimate of drug-likeness (QED) is 0.682. The third kappa shape index (κ3) is 2.66. The molecule has 98 valence electrons. The van der Waals surface area contributed by atoms with E-state index in [1.165, 1.54) is 12.1 Å². The van der Waals surface area contributed by atoms with E-state index in [0.29, 0.717) is 16.3 Å². The van der Waals surface area contributed by atoms with E-state index in [0.717, 1.165) is 24.5 Å². The Morgan fingerprint density at radius 3 is 3.05 bits per heavy atom. The summed E-state index contributed by atoms with van der Waals surface area (Å²) in [6.07, 6.45) is 2.82. The standard InChI is InChI=1S/C12H12N4O2S/c17-16(18)8-1-2-10-11(5-8)14-7-12(15-10)19-9-3-4-13-6-9/h1-2,5,7,9,13H,3-4,6H2. The average molecular weight is 276 g/mol. The van der Waals surface area contributed by atoms with E-state index in [-0.39, 0.29) is 5.69 Å². The molecule has 1 aromatic carbocycles. The van der Waals surface area contributed by atoms with Crippen LogP contribution in [-0.2, 0) is 0 Å². The number of thioether (sulfide) groups is 1. The fourth-order valence-corrected chi connectivity index (χ4v) is 3.10. The highest BCUT2D eigenvalue weighted by molar-refractivity contribution is 7.99. The van der Waals surface area contributed by atoms with Crippen molar-refractivity contribution < 1.29 is 4.92 Å². The van der Waals surface area contributed by atoms with Crippen molar-refractivity contribution in [3.63, 3.8) is 0 Å². The molecule has 1 unspecified atom stereocenters. The van der Waals surface area contributed by atoms with Crippen molar-refractivity contribution in [3.8, 4) is 0 Å². The van der Waals surface area contributed by atoms with Gasteiger partial charge in [-0.3, -0.25) is 15.1 Å². The Labute approximate surface area is 113 Å². The topological polar surface area (TPSA) is 81.0 Å². The van der Waals surface area contributed by atoms with Crippen molar-refractivity contribution in [2.75, 3.05) is 13.1 Å². The molecule has 0 amide bonds. The molecule has 6 nitrogen and oxygen atoms in total. The van der Waals surface area contributed by atoms with Gasteiger partial charge in [0.05, 0.1) is 22.2 Å². The van der Waals surface area contributed by atoms with Crippen LogP contribution < -0.4 is 5.32 Å². The summed E-state index contributed by atoms with van der Waals surface area (Å²) in [5, 5.41) is 15.4. The van der Waals surface area contributed by atoms with Crippen LogP contribution in [-0.4, -0.2) is 33.2 Å². The summed E-state index contributed by atoms with van der Waals surface area (Å²) >= 11 is 1.71. The monoisotopic (exact) mass is 276 g/mol. The van der Waals surface area contributed by atoms with Gasteiger partial charge in [-0.1, -0.05) is 0 Å². The Morgan fingerprint density at radius 2 is 2.32 bits per heavy atom. The molecule has 0 spiro atoms. The van der Waals surface area contributed by atoms with Gasteiger partial charge in [-0.15, -0.1) is 11.8 Å². The summed E-state index contributed by atoms with van der Waals surface area (Å²) in [6, 6.07) is 4.56. The molecule has 19 heavy (non-hydrogen) atoms. The van der Waals surface area contributed by atoms with Crippen LogP contribution in [0.3, 0.4) is 0 Å². The largest absolute Gasteiger partial charge is 0.316 e. The van der Waals surface area contributed by atoms with Gasteiger partial charge in [0.2, 0.25) is 0 Å². The molecule has 0 aliphatic carbocycles. The lowest BCUT2D eigenvalue weighted by molar-refractivity contribution is -0.384. The molecule has 1 N–H and O–H groups in total. The molecule has 2 heterocycles. The Morgan fingerprint density at radius 1 is 1.42 bits per heavy atom. The van der Waals surface area contributed by atoms with Crippen LogP contribution in [0, 0.1) is 10.1 Å². The minimum atomic E-state index is -0.423. The maximum atomic E-state index is 10.7. The van der Waals surface area contributed by atoms with Crippen LogP contribution in [0.2, 0.25) is 0 Å². The van der Waals surface area contributed by atoms with Gasteiger partial charge in [-0.25, -0.2) is 4.98 Å². The lowest BCUT2D eigenvalue weighted by atomic mass is 10.3. The minimum Gasteiger partial charge on any atom is -0.316 e.